The van der Waals surface area contributed by atoms with Crippen LogP contribution < -0.4 is 6.15 Å². The minimum atomic E-state index is -1.06. The van der Waals surface area contributed by atoms with E-state index in [9.17, 15) is 14.8 Å². The number of Topliss-reactive ketones (excluding diaryl/α,β-unsaturated/α-hetero) is 2. The van der Waals surface area contributed by atoms with Crippen molar-refractivity contribution < 1.29 is 29.9 Å². The van der Waals surface area contributed by atoms with Gasteiger partial charge in [-0.3, -0.25) is 9.59 Å². The molecule has 0 spiro atoms. The summed E-state index contributed by atoms with van der Waals surface area (Å²) in [6.07, 6.45) is 0. The quantitative estimate of drug-likeness (QED) is 0.257. The van der Waals surface area contributed by atoms with Crippen molar-refractivity contribution in [3.05, 3.63) is 57.1 Å². The molecule has 9 nitrogen and oxygen atoms in total. The molecule has 0 radical (unpaired) electrons. The van der Waals surface area contributed by atoms with Crippen LogP contribution >= 0.6 is 23.2 Å². The van der Waals surface area contributed by atoms with Gasteiger partial charge in [-0.25, -0.2) is 0 Å². The first-order valence-corrected chi connectivity index (χ1v) is 6.21. The summed E-state index contributed by atoms with van der Waals surface area (Å²) in [6.45, 7) is 0. The van der Waals surface area contributed by atoms with E-state index < -0.39 is 33.1 Å². The molecule has 0 aliphatic heterocycles. The van der Waals surface area contributed by atoms with Crippen molar-refractivity contribution in [2.24, 2.45) is 5.28 Å². The highest BCUT2D eigenvalue weighted by molar-refractivity contribution is 6.55. The zero-order valence-corrected chi connectivity index (χ0v) is 12.8. The molecule has 0 unspecified atom stereocenters. The second-order valence-corrected chi connectivity index (χ2v) is 4.44. The number of halogens is 2. The lowest BCUT2D eigenvalue weighted by atomic mass is 10.1. The van der Waals surface area contributed by atoms with Gasteiger partial charge in [0.2, 0.25) is 22.5 Å². The second-order valence-electron chi connectivity index (χ2n) is 3.68. The number of hydrogen-bond acceptors (Lipinski definition) is 7. The Morgan fingerprint density at radius 2 is 1.35 bits per heavy atom. The van der Waals surface area contributed by atoms with E-state index >= 15 is 0 Å². The fourth-order valence-electron chi connectivity index (χ4n) is 1.23. The molecule has 124 valence electrons. The number of aliphatic hydroxyl groups excluding tert-OH is 2. The van der Waals surface area contributed by atoms with Gasteiger partial charge < -0.3 is 26.8 Å². The molecular formula is C12H11Cl2N3O6. The molecule has 0 aromatic heterocycles. The molecule has 0 amide bonds. The van der Waals surface area contributed by atoms with Gasteiger partial charge in [0, 0.05) is 12.1 Å². The maximum atomic E-state index is 10.8. The largest absolute Gasteiger partial charge is 0.592 e. The normalized spacial score (nSPS) is 15.0. The van der Waals surface area contributed by atoms with E-state index in [2.05, 4.69) is 5.28 Å². The third kappa shape index (κ3) is 4.68. The van der Waals surface area contributed by atoms with Gasteiger partial charge in [0.25, 0.3) is 0 Å². The number of nitrogens with zero attached hydrogens (tertiary/aromatic N) is 2. The van der Waals surface area contributed by atoms with Gasteiger partial charge in [0.05, 0.1) is 0 Å². The van der Waals surface area contributed by atoms with Gasteiger partial charge in [-0.15, -0.1) is 0 Å². The Balaban J connectivity index is 0.000000409. The molecule has 11 heteroatoms. The van der Waals surface area contributed by atoms with E-state index in [-0.39, 0.29) is 11.0 Å². The molecule has 1 aromatic carbocycles. The van der Waals surface area contributed by atoms with Gasteiger partial charge >= 0.3 is 0 Å². The molecule has 0 heterocycles. The molecule has 6 N–H and O–H groups in total. The van der Waals surface area contributed by atoms with E-state index in [1.54, 1.807) is 30.3 Å². The van der Waals surface area contributed by atoms with Crippen molar-refractivity contribution in [3.8, 4) is 0 Å². The fraction of sp³-hybridized carbons (Fsp3) is 0. The van der Waals surface area contributed by atoms with Crippen molar-refractivity contribution >= 4 is 40.5 Å². The lowest BCUT2D eigenvalue weighted by Gasteiger charge is -2.08. The van der Waals surface area contributed by atoms with Gasteiger partial charge in [-0.2, -0.15) is 0 Å². The number of para-hydroxylation sites is 1. The highest BCUT2D eigenvalue weighted by Gasteiger charge is 2.32. The summed E-state index contributed by atoms with van der Waals surface area (Å²) in [6, 6.07) is 8.24. The number of carbonyl (C=O) groups is 2. The van der Waals surface area contributed by atoms with E-state index in [0.29, 0.717) is 5.69 Å². The first-order chi connectivity index (χ1) is 10.3. The summed E-state index contributed by atoms with van der Waals surface area (Å²) in [4.78, 5) is 21.7. The molecule has 23 heavy (non-hydrogen) atoms. The number of hydrogen-bond donors (Lipinski definition) is 4. The fourth-order valence-corrected chi connectivity index (χ4v) is 1.58. The summed E-state index contributed by atoms with van der Waals surface area (Å²) in [5.41, 5.74) is 0.310. The number of benzene rings is 1. The monoisotopic (exact) mass is 363 g/mol. The first kappa shape index (κ1) is 20.4. The predicted molar refractivity (Wildman–Crippen MR) is 80.0 cm³/mol. The third-order valence-corrected chi connectivity index (χ3v) is 3.00. The van der Waals surface area contributed by atoms with E-state index in [1.165, 1.54) is 0 Å². The van der Waals surface area contributed by atoms with Crippen molar-refractivity contribution in [2.75, 3.05) is 0 Å². The number of allylic oxidation sites excluding steroid dienone is 2. The molecule has 1 aliphatic rings. The maximum Gasteiger partial charge on any atom is 0.248 e. The van der Waals surface area contributed by atoms with Gasteiger partial charge in [0.1, 0.15) is 10.1 Å². The van der Waals surface area contributed by atoms with E-state index in [4.69, 9.17) is 38.6 Å². The van der Waals surface area contributed by atoms with Crippen molar-refractivity contribution in [1.82, 2.24) is 6.15 Å². The molecular weight excluding hydrogens is 353 g/mol. The molecule has 0 saturated heterocycles. The van der Waals surface area contributed by atoms with Crippen LogP contribution in [0.2, 0.25) is 0 Å². The minimum Gasteiger partial charge on any atom is -0.592 e. The summed E-state index contributed by atoms with van der Waals surface area (Å²) < 4.78 is 0. The lowest BCUT2D eigenvalue weighted by molar-refractivity contribution is -0.473. The average Bonchev–Trinajstić information content (AvgIpc) is 2.57. The van der Waals surface area contributed by atoms with E-state index in [0.717, 1.165) is 0 Å². The molecule has 1 aliphatic carbocycles. The van der Waals surface area contributed by atoms with Crippen LogP contribution in [-0.4, -0.2) is 31.8 Å². The summed E-state index contributed by atoms with van der Waals surface area (Å²) in [5, 5.41) is 37.2. The first-order valence-electron chi connectivity index (χ1n) is 5.45. The Kier molecular flexibility index (Phi) is 7.74. The third-order valence-electron chi connectivity index (χ3n) is 2.30. The Morgan fingerprint density at radius 3 is 1.70 bits per heavy atom. The van der Waals surface area contributed by atoms with Gasteiger partial charge in [0.15, 0.2) is 11.5 Å². The van der Waals surface area contributed by atoms with Crippen LogP contribution in [0.4, 0.5) is 5.69 Å². The Bertz CT molecular complexity index is 638. The minimum absolute atomic E-state index is 0. The van der Waals surface area contributed by atoms with Crippen molar-refractivity contribution in [2.45, 2.75) is 0 Å². The topological polar surface area (TPSA) is 168 Å². The summed E-state index contributed by atoms with van der Waals surface area (Å²) in [5.74, 6) is -3.99. The van der Waals surface area contributed by atoms with Crippen LogP contribution in [0.3, 0.4) is 0 Å². The maximum absolute atomic E-state index is 10.8. The number of ketones is 2. The Hall–Kier alpha value is -2.62. The van der Waals surface area contributed by atoms with Crippen LogP contribution in [0.25, 0.3) is 0 Å². The predicted octanol–water partition coefficient (Wildman–Crippen LogP) is 2.99. The van der Waals surface area contributed by atoms with Gasteiger partial charge in [-0.1, -0.05) is 41.4 Å². The Morgan fingerprint density at radius 1 is 0.957 bits per heavy atom. The van der Waals surface area contributed by atoms with Crippen LogP contribution in [0, 0.1) is 5.21 Å². The SMILES string of the molecule is N.O=C1C(O)=C(Cl)C(=O)C(O)=C1Cl.[O-][N+](=NO)c1ccccc1. The zero-order valence-electron chi connectivity index (χ0n) is 11.3. The van der Waals surface area contributed by atoms with Crippen LogP contribution in [0.15, 0.2) is 57.2 Å². The Labute approximate surface area is 139 Å². The summed E-state index contributed by atoms with van der Waals surface area (Å²) in [7, 11) is 0. The van der Waals surface area contributed by atoms with Crippen molar-refractivity contribution in [1.29, 1.82) is 0 Å². The van der Waals surface area contributed by atoms with Crippen LogP contribution in [-0.2, 0) is 9.59 Å². The zero-order chi connectivity index (χ0) is 16.9. The molecule has 0 atom stereocenters. The standard InChI is InChI=1S/C6H2Cl2O4.C6H6N2O2.H3N/c7-1-3(9)5(11)2(8)6(12)4(1)10;9-7-8(10)6-4-2-1-3-5-6;/h9,12H;1-5,9H;1H3. The molecule has 1 aromatic rings. The van der Waals surface area contributed by atoms with Crippen LogP contribution in [0.1, 0.15) is 0 Å². The van der Waals surface area contributed by atoms with Crippen molar-refractivity contribution in [3.63, 3.8) is 0 Å². The van der Waals surface area contributed by atoms with Gasteiger partial charge in [-0.05, 0) is 4.86 Å². The smallest absolute Gasteiger partial charge is 0.248 e. The molecule has 2 rings (SSSR count). The highest BCUT2D eigenvalue weighted by atomic mass is 35.5. The highest BCUT2D eigenvalue weighted by Crippen LogP contribution is 2.26. The number of carbonyl (C=O) groups excluding carboxylic acids is 2. The number of aliphatic hydroxyl groups is 2. The van der Waals surface area contributed by atoms with E-state index in [1.807, 2.05) is 0 Å². The molecule has 0 bridgehead atoms. The average molecular weight is 364 g/mol. The molecule has 0 fully saturated rings. The second kappa shape index (κ2) is 8.73. The van der Waals surface area contributed by atoms with Crippen LogP contribution in [0.5, 0.6) is 0 Å². The summed E-state index contributed by atoms with van der Waals surface area (Å²) >= 11 is 10.4. The lowest BCUT2D eigenvalue weighted by Crippen LogP contribution is -2.19. The molecule has 0 saturated carbocycles. The number of rotatable bonds is 1.